The minimum absolute atomic E-state index is 0.260. The van der Waals surface area contributed by atoms with Gasteiger partial charge < -0.3 is 0 Å². The van der Waals surface area contributed by atoms with Crippen LogP contribution in [-0.2, 0) is 4.79 Å². The maximum absolute atomic E-state index is 12.2. The van der Waals surface area contributed by atoms with E-state index >= 15 is 0 Å². The zero-order chi connectivity index (χ0) is 12.5. The molecule has 0 fully saturated rings. The van der Waals surface area contributed by atoms with Crippen LogP contribution >= 0.6 is 11.6 Å². The molecule has 1 unspecified atom stereocenters. The van der Waals surface area contributed by atoms with E-state index in [1.165, 1.54) is 5.01 Å². The minimum Gasteiger partial charge on any atom is -0.286 e. The lowest BCUT2D eigenvalue weighted by molar-refractivity contribution is -0.119. The lowest BCUT2D eigenvalue weighted by Crippen LogP contribution is -2.52. The summed E-state index contributed by atoms with van der Waals surface area (Å²) in [5.41, 5.74) is 1.28. The van der Waals surface area contributed by atoms with Crippen molar-refractivity contribution in [2.45, 2.75) is 18.8 Å². The number of nitrogens with one attached hydrogen (secondary N) is 1. The second kappa shape index (κ2) is 4.47. The Bertz CT molecular complexity index is 460. The minimum atomic E-state index is -1.20. The van der Waals surface area contributed by atoms with Gasteiger partial charge in [-0.05, 0) is 25.6 Å². The quantitative estimate of drug-likeness (QED) is 0.659. The second-order valence-corrected chi connectivity index (χ2v) is 4.39. The molecule has 1 aliphatic rings. The molecule has 0 saturated heterocycles. The standard InChI is InChI=1S/C12H14ClN3O/c1-3-14-12(13)9(2)15-16(11(12)17)10-7-5-4-6-8-10/h4-8,14H,3H2,1-2H3. The Morgan fingerprint density at radius 1 is 1.41 bits per heavy atom. The van der Waals surface area contributed by atoms with Gasteiger partial charge in [0.25, 0.3) is 5.91 Å². The van der Waals surface area contributed by atoms with Crippen molar-refractivity contribution in [1.82, 2.24) is 5.32 Å². The van der Waals surface area contributed by atoms with Crippen molar-refractivity contribution in [3.8, 4) is 0 Å². The number of para-hydroxylation sites is 1. The smallest absolute Gasteiger partial charge is 0.286 e. The van der Waals surface area contributed by atoms with Gasteiger partial charge in [0.15, 0.2) is 0 Å². The first-order valence-corrected chi connectivity index (χ1v) is 5.86. The lowest BCUT2D eigenvalue weighted by atomic mass is 10.2. The van der Waals surface area contributed by atoms with Gasteiger partial charge in [0, 0.05) is 0 Å². The van der Waals surface area contributed by atoms with Gasteiger partial charge in [-0.25, -0.2) is 0 Å². The molecule has 1 aromatic carbocycles. The number of hydrogen-bond acceptors (Lipinski definition) is 3. The van der Waals surface area contributed by atoms with Gasteiger partial charge in [0.1, 0.15) is 0 Å². The summed E-state index contributed by atoms with van der Waals surface area (Å²) in [5, 5.41) is 8.52. The summed E-state index contributed by atoms with van der Waals surface area (Å²) in [5.74, 6) is -0.260. The van der Waals surface area contributed by atoms with Crippen LogP contribution in [0.2, 0.25) is 0 Å². The third-order valence-electron chi connectivity index (χ3n) is 2.66. The summed E-state index contributed by atoms with van der Waals surface area (Å²) in [7, 11) is 0. The number of halogens is 1. The normalized spacial score (nSPS) is 24.1. The summed E-state index contributed by atoms with van der Waals surface area (Å²) in [4.78, 5) is 11.0. The van der Waals surface area contributed by atoms with Crippen molar-refractivity contribution < 1.29 is 4.79 Å². The molecule has 1 aromatic rings. The van der Waals surface area contributed by atoms with Crippen LogP contribution in [0.3, 0.4) is 0 Å². The fraction of sp³-hybridized carbons (Fsp3) is 0.333. The number of carbonyl (C=O) groups excluding carboxylic acids is 1. The summed E-state index contributed by atoms with van der Waals surface area (Å²) in [6.07, 6.45) is 0. The van der Waals surface area contributed by atoms with E-state index < -0.39 is 5.00 Å². The molecule has 0 spiro atoms. The van der Waals surface area contributed by atoms with E-state index in [-0.39, 0.29) is 5.91 Å². The number of alkyl halides is 1. The topological polar surface area (TPSA) is 44.7 Å². The number of hydrogen-bond donors (Lipinski definition) is 1. The third kappa shape index (κ3) is 1.94. The molecule has 4 nitrogen and oxygen atoms in total. The lowest BCUT2D eigenvalue weighted by Gasteiger charge is -2.21. The van der Waals surface area contributed by atoms with Gasteiger partial charge in [-0.2, -0.15) is 10.1 Å². The highest BCUT2D eigenvalue weighted by atomic mass is 35.5. The van der Waals surface area contributed by atoms with Crippen LogP contribution in [-0.4, -0.2) is 23.2 Å². The van der Waals surface area contributed by atoms with E-state index in [1.54, 1.807) is 6.92 Å². The number of benzene rings is 1. The van der Waals surface area contributed by atoms with E-state index in [2.05, 4.69) is 10.4 Å². The first kappa shape index (κ1) is 12.1. The molecule has 1 aliphatic heterocycles. The fourth-order valence-corrected chi connectivity index (χ4v) is 2.01. The molecule has 1 N–H and O–H groups in total. The average Bonchev–Trinajstić information content (AvgIpc) is 2.56. The predicted octanol–water partition coefficient (Wildman–Crippen LogP) is 1.95. The maximum atomic E-state index is 12.2. The number of likely N-dealkylation sites (N-methyl/N-ethyl adjacent to an activating group) is 1. The van der Waals surface area contributed by atoms with Gasteiger partial charge >= 0.3 is 0 Å². The molecule has 1 atom stereocenters. The van der Waals surface area contributed by atoms with Crippen LogP contribution in [0.1, 0.15) is 13.8 Å². The Morgan fingerprint density at radius 2 is 2.06 bits per heavy atom. The van der Waals surface area contributed by atoms with Crippen LogP contribution in [0.5, 0.6) is 0 Å². The molecule has 0 saturated carbocycles. The zero-order valence-electron chi connectivity index (χ0n) is 9.77. The Morgan fingerprint density at radius 3 is 2.65 bits per heavy atom. The predicted molar refractivity (Wildman–Crippen MR) is 69.3 cm³/mol. The molecule has 0 aliphatic carbocycles. The summed E-state index contributed by atoms with van der Waals surface area (Å²) in [6, 6.07) is 9.25. The highest BCUT2D eigenvalue weighted by molar-refractivity contribution is 6.50. The van der Waals surface area contributed by atoms with Gasteiger partial charge in [-0.15, -0.1) is 0 Å². The van der Waals surface area contributed by atoms with E-state index in [0.29, 0.717) is 12.3 Å². The molecule has 2 rings (SSSR count). The highest BCUT2D eigenvalue weighted by Gasteiger charge is 2.47. The Kier molecular flexibility index (Phi) is 3.17. The van der Waals surface area contributed by atoms with Crippen LogP contribution in [0, 0.1) is 0 Å². The summed E-state index contributed by atoms with van der Waals surface area (Å²) >= 11 is 6.28. The Hall–Kier alpha value is -1.39. The molecule has 0 radical (unpaired) electrons. The average molecular weight is 252 g/mol. The van der Waals surface area contributed by atoms with Crippen LogP contribution in [0.25, 0.3) is 0 Å². The maximum Gasteiger partial charge on any atom is 0.289 e. The van der Waals surface area contributed by atoms with Crippen LogP contribution < -0.4 is 10.3 Å². The number of amides is 1. The molecule has 1 heterocycles. The zero-order valence-corrected chi connectivity index (χ0v) is 10.5. The Labute approximate surface area is 105 Å². The molecule has 17 heavy (non-hydrogen) atoms. The van der Waals surface area contributed by atoms with Crippen molar-refractivity contribution >= 4 is 28.9 Å². The van der Waals surface area contributed by atoms with Crippen molar-refractivity contribution in [3.05, 3.63) is 30.3 Å². The molecular weight excluding hydrogens is 238 g/mol. The molecule has 5 heteroatoms. The van der Waals surface area contributed by atoms with E-state index in [9.17, 15) is 4.79 Å². The van der Waals surface area contributed by atoms with Crippen LogP contribution in [0.15, 0.2) is 35.4 Å². The summed E-state index contributed by atoms with van der Waals surface area (Å²) in [6.45, 7) is 4.25. The van der Waals surface area contributed by atoms with Gasteiger partial charge in [0.05, 0.1) is 11.4 Å². The van der Waals surface area contributed by atoms with Gasteiger partial charge in [-0.1, -0.05) is 36.7 Å². The van der Waals surface area contributed by atoms with E-state index in [4.69, 9.17) is 11.6 Å². The monoisotopic (exact) mass is 251 g/mol. The number of carbonyl (C=O) groups is 1. The Balaban J connectivity index is 2.34. The molecule has 1 amide bonds. The molecular formula is C12H14ClN3O. The van der Waals surface area contributed by atoms with E-state index in [0.717, 1.165) is 5.69 Å². The first-order valence-electron chi connectivity index (χ1n) is 5.49. The molecule has 90 valence electrons. The number of hydrazone groups is 1. The van der Waals surface area contributed by atoms with Crippen molar-refractivity contribution in [3.63, 3.8) is 0 Å². The third-order valence-corrected chi connectivity index (χ3v) is 3.23. The number of anilines is 1. The largest absolute Gasteiger partial charge is 0.289 e. The van der Waals surface area contributed by atoms with Crippen molar-refractivity contribution in [1.29, 1.82) is 0 Å². The van der Waals surface area contributed by atoms with E-state index in [1.807, 2.05) is 37.3 Å². The van der Waals surface area contributed by atoms with Crippen LogP contribution in [0.4, 0.5) is 5.69 Å². The number of rotatable bonds is 3. The number of nitrogens with zero attached hydrogens (tertiary/aromatic N) is 2. The molecule has 0 aromatic heterocycles. The fourth-order valence-electron chi connectivity index (χ4n) is 1.76. The molecule has 0 bridgehead atoms. The summed E-state index contributed by atoms with van der Waals surface area (Å²) < 4.78 is 0. The van der Waals surface area contributed by atoms with Crippen molar-refractivity contribution in [2.24, 2.45) is 5.10 Å². The SMILES string of the molecule is CCNC1(Cl)C(=O)N(c2ccccc2)N=C1C. The van der Waals surface area contributed by atoms with Crippen molar-refractivity contribution in [2.75, 3.05) is 11.6 Å². The highest BCUT2D eigenvalue weighted by Crippen LogP contribution is 2.29. The first-order chi connectivity index (χ1) is 8.09. The van der Waals surface area contributed by atoms with Gasteiger partial charge in [-0.3, -0.25) is 10.1 Å². The van der Waals surface area contributed by atoms with Gasteiger partial charge in [0.2, 0.25) is 5.00 Å². The second-order valence-electron chi connectivity index (χ2n) is 3.83.